The molecule has 0 spiro atoms. The van der Waals surface area contributed by atoms with E-state index in [1.54, 1.807) is 6.26 Å². The standard InChI is InChI=1S/C55H80N16O17S/c1-28(45(78)70-40(52(85)86)16-20-42(57)73)64-46(79)34(13-7-24-62-53(58)59)65-47(80)35(14-8-25-63-54(60)61)66-48(81)36(15-19-41(56)72)67-51(84)39(23-26-89-2)69-49(82)37(17-21-43(74)75)68-50(83)38(18-22-44(76)77)71-55(87)88-27-33-31-11-5-3-9-29(31)30-10-4-6-12-32(30)33/h3-6,9-12,28,33-40H,7-8,13-27H2,1-2H3,(H2,56,72)(H2,57,73)(H,64,79)(H,65,80)(H,66,81)(H,67,84)(H,68,83)(H,69,82)(H,70,78)(H,71,87)(H,74,75)(H,76,77)(H,85,86)(H4,58,59,62)(H4,60,61,63)/t28-,34-,35-,36-,37-,38-,39-,40-/m0/s1. The maximum Gasteiger partial charge on any atom is 0.407 e. The molecule has 0 aromatic heterocycles. The van der Waals surface area contributed by atoms with Crippen LogP contribution in [0.2, 0.25) is 0 Å². The number of carbonyl (C=O) groups excluding carboxylic acids is 10. The molecule has 10 amide bonds. The number of nitrogens with zero attached hydrogens (tertiary/aromatic N) is 2. The van der Waals surface area contributed by atoms with E-state index in [2.05, 4.69) is 52.5 Å². The molecule has 0 saturated carbocycles. The number of thioether (sulfide) groups is 1. The zero-order chi connectivity index (χ0) is 66.3. The van der Waals surface area contributed by atoms with E-state index in [9.17, 15) is 77.6 Å². The number of rotatable bonds is 41. The molecule has 89 heavy (non-hydrogen) atoms. The van der Waals surface area contributed by atoms with Crippen LogP contribution < -0.4 is 76.9 Å². The number of hydrogen-bond donors (Lipinski definition) is 17. The van der Waals surface area contributed by atoms with Gasteiger partial charge in [-0.3, -0.25) is 62.7 Å². The molecule has 8 atom stereocenters. The zero-order valence-corrected chi connectivity index (χ0v) is 50.0. The number of primary amides is 2. The number of nitrogens with two attached hydrogens (primary N) is 6. The van der Waals surface area contributed by atoms with Crippen LogP contribution in [-0.4, -0.2) is 184 Å². The first-order chi connectivity index (χ1) is 42.1. The summed E-state index contributed by atoms with van der Waals surface area (Å²) in [5.41, 5.74) is 36.1. The van der Waals surface area contributed by atoms with Crippen molar-refractivity contribution < 1.29 is 82.4 Å². The Balaban J connectivity index is 1.90. The van der Waals surface area contributed by atoms with Crippen molar-refractivity contribution in [2.24, 2.45) is 44.4 Å². The number of ether oxygens (including phenoxy) is 1. The third kappa shape index (κ3) is 26.4. The number of guanidine groups is 2. The number of aliphatic carboxylic acids is 3. The summed E-state index contributed by atoms with van der Waals surface area (Å²) in [6.45, 7) is 0.888. The van der Waals surface area contributed by atoms with E-state index in [0.717, 1.165) is 22.3 Å². The van der Waals surface area contributed by atoms with Gasteiger partial charge < -0.3 is 97.0 Å². The van der Waals surface area contributed by atoms with Gasteiger partial charge >= 0.3 is 24.0 Å². The molecule has 0 heterocycles. The molecule has 0 aliphatic heterocycles. The molecule has 1 aliphatic carbocycles. The zero-order valence-electron chi connectivity index (χ0n) is 49.2. The molecule has 23 N–H and O–H groups in total. The van der Waals surface area contributed by atoms with E-state index < -0.39 is 170 Å². The average Bonchev–Trinajstić information content (AvgIpc) is 2.07. The molecule has 0 bridgehead atoms. The van der Waals surface area contributed by atoms with Gasteiger partial charge in [-0.05, 0) is 99.0 Å². The molecule has 33 nitrogen and oxygen atoms in total. The number of amides is 10. The van der Waals surface area contributed by atoms with Crippen LogP contribution in [0.25, 0.3) is 11.1 Å². The molecule has 1 aliphatic rings. The normalized spacial score (nSPS) is 14.0. The van der Waals surface area contributed by atoms with Crippen molar-refractivity contribution in [3.8, 4) is 11.1 Å². The number of nitrogens with one attached hydrogen (secondary N) is 8. The Labute approximate surface area is 515 Å². The smallest absolute Gasteiger partial charge is 0.407 e. The highest BCUT2D eigenvalue weighted by atomic mass is 32.2. The molecular weight excluding hydrogens is 1190 g/mol. The van der Waals surface area contributed by atoms with Gasteiger partial charge in [0.05, 0.1) is 0 Å². The maximum atomic E-state index is 14.3. The fourth-order valence-electron chi connectivity index (χ4n) is 9.04. The van der Waals surface area contributed by atoms with E-state index in [4.69, 9.17) is 39.1 Å². The minimum Gasteiger partial charge on any atom is -0.481 e. The van der Waals surface area contributed by atoms with Crippen LogP contribution in [0.4, 0.5) is 4.79 Å². The number of benzene rings is 2. The molecule has 2 aromatic rings. The summed E-state index contributed by atoms with van der Waals surface area (Å²) in [5, 5.41) is 48.0. The summed E-state index contributed by atoms with van der Waals surface area (Å²) >= 11 is 1.23. The lowest BCUT2D eigenvalue weighted by molar-refractivity contribution is -0.142. The van der Waals surface area contributed by atoms with Crippen LogP contribution in [0.3, 0.4) is 0 Å². The number of fused-ring (bicyclic) bond motifs is 3. The highest BCUT2D eigenvalue weighted by molar-refractivity contribution is 7.98. The molecule has 0 radical (unpaired) electrons. The lowest BCUT2D eigenvalue weighted by atomic mass is 9.98. The van der Waals surface area contributed by atoms with Crippen LogP contribution >= 0.6 is 11.8 Å². The van der Waals surface area contributed by atoms with E-state index in [1.165, 1.54) is 18.7 Å². The van der Waals surface area contributed by atoms with Crippen molar-refractivity contribution in [2.75, 3.05) is 31.7 Å². The second kappa shape index (κ2) is 37.7. The number of carbonyl (C=O) groups is 13. The van der Waals surface area contributed by atoms with Crippen molar-refractivity contribution in [1.29, 1.82) is 0 Å². The van der Waals surface area contributed by atoms with Gasteiger partial charge in [0.15, 0.2) is 11.9 Å². The van der Waals surface area contributed by atoms with Crippen molar-refractivity contribution in [1.82, 2.24) is 42.5 Å². The predicted molar refractivity (Wildman–Crippen MR) is 322 cm³/mol. The molecule has 3 rings (SSSR count). The number of aliphatic imine (C=N–C) groups is 2. The number of carboxylic acid groups (broad SMARTS) is 3. The Hall–Kier alpha value is -9.76. The van der Waals surface area contributed by atoms with Gasteiger partial charge in [0.1, 0.15) is 54.9 Å². The lowest BCUT2D eigenvalue weighted by Crippen LogP contribution is -2.60. The molecule has 0 unspecified atom stereocenters. The molecule has 0 saturated heterocycles. The third-order valence-corrected chi connectivity index (χ3v) is 14.3. The van der Waals surface area contributed by atoms with Crippen molar-refractivity contribution in [3.05, 3.63) is 59.7 Å². The largest absolute Gasteiger partial charge is 0.481 e. The van der Waals surface area contributed by atoms with Crippen LogP contribution in [-0.2, 0) is 62.3 Å². The summed E-state index contributed by atoms with van der Waals surface area (Å²) < 4.78 is 5.58. The highest BCUT2D eigenvalue weighted by Crippen LogP contribution is 2.44. The average molecular weight is 1270 g/mol. The van der Waals surface area contributed by atoms with Crippen LogP contribution in [0.15, 0.2) is 58.5 Å². The second-order valence-electron chi connectivity index (χ2n) is 20.5. The van der Waals surface area contributed by atoms with Crippen molar-refractivity contribution in [2.45, 2.75) is 145 Å². The van der Waals surface area contributed by atoms with Crippen molar-refractivity contribution >= 4 is 101 Å². The van der Waals surface area contributed by atoms with E-state index in [1.807, 2.05) is 48.5 Å². The summed E-state index contributed by atoms with van der Waals surface area (Å²) in [4.78, 5) is 178. The molecular formula is C55H80N16O17S. The lowest BCUT2D eigenvalue weighted by Gasteiger charge is -2.28. The van der Waals surface area contributed by atoms with Crippen LogP contribution in [0.1, 0.15) is 107 Å². The quantitative estimate of drug-likeness (QED) is 0.0175. The summed E-state index contributed by atoms with van der Waals surface area (Å²) in [5.74, 6) is -14.2. The topological polar surface area (TPSA) is 569 Å². The SMILES string of the molecule is CSCC[C@H](NC(=O)[C@H](CCC(=O)O)NC(=O)[C@H](CCC(=O)O)NC(=O)OCC1c2ccccc2-c2ccccc21)C(=O)N[C@@H](CCC(N)=O)C(=O)N[C@@H](CCCN=C(N)N)C(=O)N[C@@H](CCCN=C(N)N)C(=O)N[C@@H](C)C(=O)N[C@@H](CCC(N)=O)C(=O)O. The Bertz CT molecular complexity index is 2880. The molecule has 34 heteroatoms. The number of alkyl carbamates (subject to hydrolysis) is 1. The van der Waals surface area contributed by atoms with E-state index in [0.29, 0.717) is 0 Å². The van der Waals surface area contributed by atoms with Gasteiger partial charge in [0.25, 0.3) is 0 Å². The summed E-state index contributed by atoms with van der Waals surface area (Å²) in [6, 6.07) is 2.25. The van der Waals surface area contributed by atoms with E-state index >= 15 is 0 Å². The van der Waals surface area contributed by atoms with Crippen LogP contribution in [0, 0.1) is 0 Å². The first-order valence-electron chi connectivity index (χ1n) is 28.2. The summed E-state index contributed by atoms with van der Waals surface area (Å²) in [6.07, 6.45) is -4.26. The minimum absolute atomic E-state index is 0.00177. The summed E-state index contributed by atoms with van der Waals surface area (Å²) in [7, 11) is 0. The van der Waals surface area contributed by atoms with Gasteiger partial charge in [0.2, 0.25) is 53.2 Å². The second-order valence-corrected chi connectivity index (χ2v) is 21.5. The highest BCUT2D eigenvalue weighted by Gasteiger charge is 2.36. The van der Waals surface area contributed by atoms with Gasteiger partial charge in [0, 0.05) is 44.7 Å². The molecule has 2 aromatic carbocycles. The first kappa shape index (κ1) is 73.5. The van der Waals surface area contributed by atoms with E-state index in [-0.39, 0.29) is 82.3 Å². The van der Waals surface area contributed by atoms with Gasteiger partial charge in [-0.25, -0.2) is 9.59 Å². The van der Waals surface area contributed by atoms with Gasteiger partial charge in [-0.15, -0.1) is 0 Å². The van der Waals surface area contributed by atoms with Gasteiger partial charge in [-0.1, -0.05) is 48.5 Å². The first-order valence-corrected chi connectivity index (χ1v) is 29.6. The molecule has 0 fully saturated rings. The Kier molecular flexibility index (Phi) is 31.2. The minimum atomic E-state index is -1.74. The van der Waals surface area contributed by atoms with Crippen molar-refractivity contribution in [3.63, 3.8) is 0 Å². The number of carboxylic acids is 3. The fourth-order valence-corrected chi connectivity index (χ4v) is 9.51. The predicted octanol–water partition coefficient (Wildman–Crippen LogP) is -3.49. The fraction of sp³-hybridized carbons (Fsp3) is 0.509. The third-order valence-electron chi connectivity index (χ3n) is 13.6. The number of hydrogen-bond acceptors (Lipinski definition) is 17. The Morgan fingerprint density at radius 3 is 1.20 bits per heavy atom. The monoisotopic (exact) mass is 1270 g/mol. The van der Waals surface area contributed by atoms with Gasteiger partial charge in [-0.2, -0.15) is 11.8 Å². The molecule has 488 valence electrons. The maximum absolute atomic E-state index is 14.3. The Morgan fingerprint density at radius 1 is 0.472 bits per heavy atom. The Morgan fingerprint density at radius 2 is 0.820 bits per heavy atom. The van der Waals surface area contributed by atoms with Crippen LogP contribution in [0.5, 0.6) is 0 Å².